The van der Waals surface area contributed by atoms with Crippen LogP contribution in [-0.2, 0) is 13.1 Å². The molecule has 0 radical (unpaired) electrons. The molecule has 1 heterocycles. The van der Waals surface area contributed by atoms with Crippen molar-refractivity contribution in [2.45, 2.75) is 20.0 Å². The summed E-state index contributed by atoms with van der Waals surface area (Å²) in [5, 5.41) is 4.00. The van der Waals surface area contributed by atoms with Crippen molar-refractivity contribution in [3.8, 4) is 11.5 Å². The normalized spacial score (nSPS) is 10.8. The molecule has 108 valence electrons. The lowest BCUT2D eigenvalue weighted by Crippen LogP contribution is -2.17. The van der Waals surface area contributed by atoms with Crippen molar-refractivity contribution in [1.29, 1.82) is 0 Å². The fraction of sp³-hybridized carbons (Fsp3) is 0.400. The Morgan fingerprint density at radius 1 is 1.15 bits per heavy atom. The third kappa shape index (κ3) is 3.51. The average molecular weight is 276 g/mol. The van der Waals surface area contributed by atoms with E-state index in [2.05, 4.69) is 10.1 Å². The molecule has 2 rings (SSSR count). The van der Waals surface area contributed by atoms with Gasteiger partial charge in [-0.25, -0.2) is 0 Å². The van der Waals surface area contributed by atoms with E-state index in [1.807, 2.05) is 38.2 Å². The first-order valence-electron chi connectivity index (χ1n) is 6.44. The van der Waals surface area contributed by atoms with Gasteiger partial charge in [0, 0.05) is 30.8 Å². The van der Waals surface area contributed by atoms with Gasteiger partial charge >= 0.3 is 0 Å². The van der Waals surface area contributed by atoms with Gasteiger partial charge in [-0.2, -0.15) is 0 Å². The summed E-state index contributed by atoms with van der Waals surface area (Å²) in [4.78, 5) is 2.15. The smallest absolute Gasteiger partial charge is 0.133 e. The minimum Gasteiger partial charge on any atom is -0.497 e. The monoisotopic (exact) mass is 276 g/mol. The van der Waals surface area contributed by atoms with Gasteiger partial charge in [0.05, 0.1) is 19.9 Å². The van der Waals surface area contributed by atoms with Gasteiger partial charge in [0.25, 0.3) is 0 Å². The Labute approximate surface area is 119 Å². The van der Waals surface area contributed by atoms with Crippen LogP contribution in [0.2, 0.25) is 0 Å². The highest BCUT2D eigenvalue weighted by molar-refractivity contribution is 5.40. The average Bonchev–Trinajstić information content (AvgIpc) is 2.84. The van der Waals surface area contributed by atoms with E-state index in [4.69, 9.17) is 14.0 Å². The Balaban J connectivity index is 2.05. The Hall–Kier alpha value is -2.01. The number of nitrogens with zero attached hydrogens (tertiary/aromatic N) is 2. The summed E-state index contributed by atoms with van der Waals surface area (Å²) in [6, 6.07) is 7.79. The molecule has 0 atom stereocenters. The van der Waals surface area contributed by atoms with Crippen molar-refractivity contribution in [1.82, 2.24) is 10.1 Å². The van der Waals surface area contributed by atoms with Crippen molar-refractivity contribution in [3.05, 3.63) is 41.3 Å². The van der Waals surface area contributed by atoms with Crippen molar-refractivity contribution in [2.75, 3.05) is 21.3 Å². The Bertz CT molecular complexity index is 566. The van der Waals surface area contributed by atoms with Crippen LogP contribution < -0.4 is 9.47 Å². The molecule has 0 aliphatic heterocycles. The van der Waals surface area contributed by atoms with Crippen molar-refractivity contribution in [2.24, 2.45) is 0 Å². The topological polar surface area (TPSA) is 47.7 Å². The van der Waals surface area contributed by atoms with Crippen LogP contribution >= 0.6 is 0 Å². The zero-order valence-corrected chi connectivity index (χ0v) is 12.3. The number of benzene rings is 1. The largest absolute Gasteiger partial charge is 0.497 e. The van der Waals surface area contributed by atoms with Gasteiger partial charge in [-0.15, -0.1) is 0 Å². The number of hydrogen-bond acceptors (Lipinski definition) is 5. The van der Waals surface area contributed by atoms with E-state index in [0.29, 0.717) is 0 Å². The number of aromatic nitrogens is 1. The standard InChI is InChI=1S/C15H20N2O3/c1-11-7-13(16-20-11)10-17(2)9-12-5-6-14(18-3)8-15(12)19-4/h5-8H,9-10H2,1-4H3. The van der Waals surface area contributed by atoms with Crippen LogP contribution in [0.4, 0.5) is 0 Å². The van der Waals surface area contributed by atoms with Gasteiger partial charge in [-0.05, 0) is 20.0 Å². The first-order valence-corrected chi connectivity index (χ1v) is 6.44. The molecule has 0 unspecified atom stereocenters. The fourth-order valence-electron chi connectivity index (χ4n) is 2.10. The molecule has 1 aromatic carbocycles. The molecule has 0 aliphatic carbocycles. The maximum absolute atomic E-state index is 5.40. The third-order valence-corrected chi connectivity index (χ3v) is 3.04. The molecule has 0 N–H and O–H groups in total. The molecule has 5 nitrogen and oxygen atoms in total. The number of hydrogen-bond donors (Lipinski definition) is 0. The van der Waals surface area contributed by atoms with Crippen LogP contribution in [0.25, 0.3) is 0 Å². The van der Waals surface area contributed by atoms with Gasteiger partial charge < -0.3 is 14.0 Å². The Kier molecular flexibility index (Phi) is 4.63. The summed E-state index contributed by atoms with van der Waals surface area (Å²) >= 11 is 0. The molecule has 1 aromatic heterocycles. The van der Waals surface area contributed by atoms with E-state index in [-0.39, 0.29) is 0 Å². The predicted octanol–water partition coefficient (Wildman–Crippen LogP) is 2.63. The number of methoxy groups -OCH3 is 2. The lowest BCUT2D eigenvalue weighted by Gasteiger charge is -2.17. The molecule has 20 heavy (non-hydrogen) atoms. The first-order chi connectivity index (χ1) is 9.62. The zero-order valence-electron chi connectivity index (χ0n) is 12.3. The highest BCUT2D eigenvalue weighted by atomic mass is 16.5. The molecule has 0 bridgehead atoms. The van der Waals surface area contributed by atoms with Crippen LogP contribution in [0.3, 0.4) is 0 Å². The number of ether oxygens (including phenoxy) is 2. The molecule has 0 aliphatic rings. The summed E-state index contributed by atoms with van der Waals surface area (Å²) < 4.78 is 15.7. The van der Waals surface area contributed by atoms with E-state index in [1.165, 1.54) is 0 Å². The van der Waals surface area contributed by atoms with Crippen molar-refractivity contribution in [3.63, 3.8) is 0 Å². The maximum atomic E-state index is 5.40. The van der Waals surface area contributed by atoms with Gasteiger partial charge in [-0.3, -0.25) is 4.90 Å². The first kappa shape index (κ1) is 14.4. The van der Waals surface area contributed by atoms with Crippen LogP contribution in [0.5, 0.6) is 11.5 Å². The van der Waals surface area contributed by atoms with Crippen LogP contribution in [0, 0.1) is 6.92 Å². The molecule has 0 fully saturated rings. The summed E-state index contributed by atoms with van der Waals surface area (Å²) in [6.07, 6.45) is 0. The molecular weight excluding hydrogens is 256 g/mol. The number of aryl methyl sites for hydroxylation is 1. The minimum atomic E-state index is 0.729. The second-order valence-corrected chi connectivity index (χ2v) is 4.78. The maximum Gasteiger partial charge on any atom is 0.133 e. The van der Waals surface area contributed by atoms with Crippen molar-refractivity contribution >= 4 is 0 Å². The van der Waals surface area contributed by atoms with Crippen molar-refractivity contribution < 1.29 is 14.0 Å². The van der Waals surface area contributed by atoms with Gasteiger partial charge in [0.1, 0.15) is 17.3 Å². The molecule has 5 heteroatoms. The Morgan fingerprint density at radius 3 is 2.55 bits per heavy atom. The van der Waals surface area contributed by atoms with Crippen LogP contribution in [0.1, 0.15) is 17.0 Å². The second-order valence-electron chi connectivity index (χ2n) is 4.78. The van der Waals surface area contributed by atoms with E-state index >= 15 is 0 Å². The molecule has 0 saturated heterocycles. The van der Waals surface area contributed by atoms with Gasteiger partial charge in [0.2, 0.25) is 0 Å². The quantitative estimate of drug-likeness (QED) is 0.811. The van der Waals surface area contributed by atoms with Crippen LogP contribution in [-0.4, -0.2) is 31.3 Å². The highest BCUT2D eigenvalue weighted by Crippen LogP contribution is 2.25. The summed E-state index contributed by atoms with van der Waals surface area (Å²) in [7, 11) is 5.35. The lowest BCUT2D eigenvalue weighted by atomic mass is 10.1. The SMILES string of the molecule is COc1ccc(CN(C)Cc2cc(C)on2)c(OC)c1. The van der Waals surface area contributed by atoms with E-state index in [1.54, 1.807) is 14.2 Å². The van der Waals surface area contributed by atoms with E-state index in [0.717, 1.165) is 41.6 Å². The fourth-order valence-corrected chi connectivity index (χ4v) is 2.10. The van der Waals surface area contributed by atoms with Crippen LogP contribution in [0.15, 0.2) is 28.8 Å². The van der Waals surface area contributed by atoms with E-state index < -0.39 is 0 Å². The number of rotatable bonds is 6. The summed E-state index contributed by atoms with van der Waals surface area (Å²) in [6.45, 7) is 3.38. The summed E-state index contributed by atoms with van der Waals surface area (Å²) in [5.41, 5.74) is 2.04. The van der Waals surface area contributed by atoms with Gasteiger partial charge in [0.15, 0.2) is 0 Å². The third-order valence-electron chi connectivity index (χ3n) is 3.04. The molecule has 0 amide bonds. The minimum absolute atomic E-state index is 0.729. The second kappa shape index (κ2) is 6.43. The van der Waals surface area contributed by atoms with Gasteiger partial charge in [-0.1, -0.05) is 11.2 Å². The Morgan fingerprint density at radius 2 is 1.95 bits per heavy atom. The predicted molar refractivity (Wildman–Crippen MR) is 76.0 cm³/mol. The lowest BCUT2D eigenvalue weighted by molar-refractivity contribution is 0.295. The summed E-state index contributed by atoms with van der Waals surface area (Å²) in [5.74, 6) is 2.45. The molecule has 0 saturated carbocycles. The van der Waals surface area contributed by atoms with E-state index in [9.17, 15) is 0 Å². The molecular formula is C15H20N2O3. The zero-order chi connectivity index (χ0) is 14.5. The molecule has 2 aromatic rings. The highest BCUT2D eigenvalue weighted by Gasteiger charge is 2.10. The molecule has 0 spiro atoms.